The third kappa shape index (κ3) is 4.51. The molecule has 1 heterocycles. The molecule has 2 aromatic carbocycles. The molecule has 0 aromatic heterocycles. The van der Waals surface area contributed by atoms with Crippen LogP contribution in [0.2, 0.25) is 0 Å². The van der Waals surface area contributed by atoms with Crippen molar-refractivity contribution >= 4 is 23.4 Å². The van der Waals surface area contributed by atoms with E-state index < -0.39 is 0 Å². The number of hydrogen-bond donors (Lipinski definition) is 1. The van der Waals surface area contributed by atoms with E-state index in [-0.39, 0.29) is 11.9 Å². The fourth-order valence-electron chi connectivity index (χ4n) is 2.72. The van der Waals surface area contributed by atoms with Crippen LogP contribution >= 0.6 is 11.8 Å². The lowest BCUT2D eigenvalue weighted by atomic mass is 10.2. The van der Waals surface area contributed by atoms with E-state index in [0.29, 0.717) is 36.9 Å². The van der Waals surface area contributed by atoms with Crippen molar-refractivity contribution in [2.45, 2.75) is 24.4 Å². The summed E-state index contributed by atoms with van der Waals surface area (Å²) < 4.78 is 11.1. The SMILES string of the molecule is CSc1ccc(CN(C)C(C)C(=O)Nc2ccc3c(c2)OCCO3)cc1. The minimum Gasteiger partial charge on any atom is -0.486 e. The predicted octanol–water partition coefficient (Wildman–Crippen LogP) is 3.64. The van der Waals surface area contributed by atoms with Crippen molar-refractivity contribution in [2.75, 3.05) is 31.8 Å². The van der Waals surface area contributed by atoms with Gasteiger partial charge in [0.1, 0.15) is 13.2 Å². The number of hydrogen-bond acceptors (Lipinski definition) is 5. The summed E-state index contributed by atoms with van der Waals surface area (Å²) in [5.41, 5.74) is 1.90. The van der Waals surface area contributed by atoms with Gasteiger partial charge in [0.05, 0.1) is 6.04 Å². The minimum atomic E-state index is -0.261. The molecular formula is C20H24N2O3S. The summed E-state index contributed by atoms with van der Waals surface area (Å²) in [4.78, 5) is 15.9. The van der Waals surface area contributed by atoms with Gasteiger partial charge in [0.15, 0.2) is 11.5 Å². The zero-order valence-corrected chi connectivity index (χ0v) is 16.1. The van der Waals surface area contributed by atoms with Gasteiger partial charge in [-0.2, -0.15) is 0 Å². The predicted molar refractivity (Wildman–Crippen MR) is 105 cm³/mol. The number of fused-ring (bicyclic) bond motifs is 1. The summed E-state index contributed by atoms with van der Waals surface area (Å²) >= 11 is 1.72. The fourth-order valence-corrected chi connectivity index (χ4v) is 3.13. The molecule has 6 heteroatoms. The third-order valence-electron chi connectivity index (χ3n) is 4.44. The molecule has 3 rings (SSSR count). The molecule has 1 unspecified atom stereocenters. The first-order valence-corrected chi connectivity index (χ1v) is 9.83. The molecule has 0 saturated carbocycles. The van der Waals surface area contributed by atoms with Crippen LogP contribution in [0.1, 0.15) is 12.5 Å². The van der Waals surface area contributed by atoms with Crippen LogP contribution < -0.4 is 14.8 Å². The maximum absolute atomic E-state index is 12.6. The van der Waals surface area contributed by atoms with Gasteiger partial charge in [0, 0.05) is 23.2 Å². The van der Waals surface area contributed by atoms with Gasteiger partial charge in [-0.15, -0.1) is 11.8 Å². The highest BCUT2D eigenvalue weighted by Gasteiger charge is 2.19. The Labute approximate surface area is 158 Å². The first-order chi connectivity index (χ1) is 12.6. The second-order valence-corrected chi connectivity index (χ2v) is 7.17. The van der Waals surface area contributed by atoms with Gasteiger partial charge >= 0.3 is 0 Å². The van der Waals surface area contributed by atoms with E-state index in [2.05, 4.69) is 35.8 Å². The number of nitrogens with zero attached hydrogens (tertiary/aromatic N) is 1. The third-order valence-corrected chi connectivity index (χ3v) is 5.18. The first kappa shape index (κ1) is 18.6. The lowest BCUT2D eigenvalue weighted by molar-refractivity contribution is -0.120. The van der Waals surface area contributed by atoms with E-state index in [0.717, 1.165) is 0 Å². The Morgan fingerprint density at radius 2 is 1.85 bits per heavy atom. The number of thioether (sulfide) groups is 1. The largest absolute Gasteiger partial charge is 0.486 e. The van der Waals surface area contributed by atoms with Crippen molar-refractivity contribution in [2.24, 2.45) is 0 Å². The summed E-state index contributed by atoms with van der Waals surface area (Å²) in [6.45, 7) is 3.70. The van der Waals surface area contributed by atoms with Gasteiger partial charge in [-0.1, -0.05) is 12.1 Å². The molecule has 1 amide bonds. The number of anilines is 1. The lowest BCUT2D eigenvalue weighted by Gasteiger charge is -2.24. The summed E-state index contributed by atoms with van der Waals surface area (Å²) in [5, 5.41) is 2.96. The highest BCUT2D eigenvalue weighted by molar-refractivity contribution is 7.98. The Morgan fingerprint density at radius 3 is 2.54 bits per heavy atom. The van der Waals surface area contributed by atoms with Crippen molar-refractivity contribution in [3.05, 3.63) is 48.0 Å². The van der Waals surface area contributed by atoms with Crippen LogP contribution in [0.3, 0.4) is 0 Å². The maximum atomic E-state index is 12.6. The van der Waals surface area contributed by atoms with E-state index in [1.807, 2.05) is 31.0 Å². The van der Waals surface area contributed by atoms with E-state index in [4.69, 9.17) is 9.47 Å². The monoisotopic (exact) mass is 372 g/mol. The van der Waals surface area contributed by atoms with Gasteiger partial charge in [-0.25, -0.2) is 0 Å². The lowest BCUT2D eigenvalue weighted by Crippen LogP contribution is -2.39. The van der Waals surface area contributed by atoms with Crippen LogP contribution in [-0.4, -0.2) is 43.4 Å². The zero-order chi connectivity index (χ0) is 18.5. The van der Waals surface area contributed by atoms with Gasteiger partial charge in [0.2, 0.25) is 5.91 Å². The molecule has 1 atom stereocenters. The van der Waals surface area contributed by atoms with Crippen molar-refractivity contribution in [1.29, 1.82) is 0 Å². The highest BCUT2D eigenvalue weighted by Crippen LogP contribution is 2.32. The molecule has 0 fully saturated rings. The standard InChI is InChI=1S/C20H24N2O3S/c1-14(22(2)13-15-4-7-17(26-3)8-5-15)20(23)21-16-6-9-18-19(12-16)25-11-10-24-18/h4-9,12,14H,10-11,13H2,1-3H3,(H,21,23). The van der Waals surface area contributed by atoms with Crippen molar-refractivity contribution < 1.29 is 14.3 Å². The average Bonchev–Trinajstić information content (AvgIpc) is 2.67. The van der Waals surface area contributed by atoms with Crippen molar-refractivity contribution in [1.82, 2.24) is 4.90 Å². The van der Waals surface area contributed by atoms with Crippen molar-refractivity contribution in [3.8, 4) is 11.5 Å². The van der Waals surface area contributed by atoms with Crippen LogP contribution in [0.5, 0.6) is 11.5 Å². The van der Waals surface area contributed by atoms with Crippen LogP contribution in [0.4, 0.5) is 5.69 Å². The van der Waals surface area contributed by atoms with Crippen LogP contribution in [0.25, 0.3) is 0 Å². The van der Waals surface area contributed by atoms with Gasteiger partial charge in [-0.3, -0.25) is 9.69 Å². The molecule has 0 bridgehead atoms. The van der Waals surface area contributed by atoms with E-state index >= 15 is 0 Å². The molecule has 0 saturated heterocycles. The molecule has 1 aliphatic rings. The Balaban J connectivity index is 1.59. The molecule has 1 N–H and O–H groups in total. The molecule has 138 valence electrons. The summed E-state index contributed by atoms with van der Waals surface area (Å²) in [7, 11) is 1.95. The smallest absolute Gasteiger partial charge is 0.241 e. The Kier molecular flexibility index (Phi) is 6.06. The number of carbonyl (C=O) groups excluding carboxylic acids is 1. The Hall–Kier alpha value is -2.18. The summed E-state index contributed by atoms with van der Waals surface area (Å²) in [5.74, 6) is 1.34. The quantitative estimate of drug-likeness (QED) is 0.785. The molecule has 26 heavy (non-hydrogen) atoms. The number of rotatable bonds is 6. The summed E-state index contributed by atoms with van der Waals surface area (Å²) in [6.07, 6.45) is 2.06. The maximum Gasteiger partial charge on any atom is 0.241 e. The normalized spacial score (nSPS) is 14.2. The molecule has 0 radical (unpaired) electrons. The second kappa shape index (κ2) is 8.47. The number of amides is 1. The fraction of sp³-hybridized carbons (Fsp3) is 0.350. The molecule has 2 aromatic rings. The van der Waals surface area contributed by atoms with Gasteiger partial charge in [-0.05, 0) is 50.1 Å². The average molecular weight is 372 g/mol. The number of benzene rings is 2. The zero-order valence-electron chi connectivity index (χ0n) is 15.3. The molecular weight excluding hydrogens is 348 g/mol. The topological polar surface area (TPSA) is 50.8 Å². The minimum absolute atomic E-state index is 0.0510. The van der Waals surface area contributed by atoms with E-state index in [1.165, 1.54) is 10.5 Å². The van der Waals surface area contributed by atoms with Crippen LogP contribution in [0.15, 0.2) is 47.4 Å². The van der Waals surface area contributed by atoms with Gasteiger partial charge < -0.3 is 14.8 Å². The van der Waals surface area contributed by atoms with Crippen molar-refractivity contribution in [3.63, 3.8) is 0 Å². The Morgan fingerprint density at radius 1 is 1.15 bits per heavy atom. The highest BCUT2D eigenvalue weighted by atomic mass is 32.2. The molecule has 5 nitrogen and oxygen atoms in total. The molecule has 0 spiro atoms. The van der Waals surface area contributed by atoms with Crippen LogP contribution in [-0.2, 0) is 11.3 Å². The molecule has 0 aliphatic carbocycles. The van der Waals surface area contributed by atoms with E-state index in [1.54, 1.807) is 17.8 Å². The summed E-state index contributed by atoms with van der Waals surface area (Å²) in [6, 6.07) is 13.6. The number of carbonyl (C=O) groups is 1. The second-order valence-electron chi connectivity index (χ2n) is 6.29. The Bertz CT molecular complexity index is 764. The van der Waals surface area contributed by atoms with Gasteiger partial charge in [0.25, 0.3) is 0 Å². The first-order valence-electron chi connectivity index (χ1n) is 8.60. The van der Waals surface area contributed by atoms with Crippen LogP contribution in [0, 0.1) is 0 Å². The van der Waals surface area contributed by atoms with E-state index in [9.17, 15) is 4.79 Å². The number of likely N-dealkylation sites (N-methyl/N-ethyl adjacent to an activating group) is 1. The number of ether oxygens (including phenoxy) is 2. The molecule has 1 aliphatic heterocycles. The number of nitrogens with one attached hydrogen (secondary N) is 1.